The van der Waals surface area contributed by atoms with Crippen LogP contribution < -0.4 is 5.32 Å². The molecule has 0 bridgehead atoms. The number of nitro groups is 1. The fourth-order valence-corrected chi connectivity index (χ4v) is 1.91. The molecule has 4 nitrogen and oxygen atoms in total. The lowest BCUT2D eigenvalue weighted by atomic mass is 10.1. The van der Waals surface area contributed by atoms with Gasteiger partial charge < -0.3 is 5.32 Å². The van der Waals surface area contributed by atoms with E-state index in [9.17, 15) is 18.9 Å². The average molecular weight is 292 g/mol. The third-order valence-electron chi connectivity index (χ3n) is 3.16. The largest absolute Gasteiger partial charge is 0.381 e. The van der Waals surface area contributed by atoms with Crippen LogP contribution in [0.3, 0.4) is 0 Å². The van der Waals surface area contributed by atoms with E-state index in [1.165, 1.54) is 5.56 Å². The van der Waals surface area contributed by atoms with Gasteiger partial charge in [0.15, 0.2) is 0 Å². The molecule has 0 spiro atoms. The minimum absolute atomic E-state index is 0.0401. The van der Waals surface area contributed by atoms with Crippen molar-refractivity contribution >= 4 is 11.4 Å². The van der Waals surface area contributed by atoms with E-state index in [1.54, 1.807) is 0 Å². The minimum Gasteiger partial charge on any atom is -0.381 e. The number of nitrogens with one attached hydrogen (secondary N) is 1. The van der Waals surface area contributed by atoms with Crippen LogP contribution in [0.25, 0.3) is 0 Å². The highest BCUT2D eigenvalue weighted by Crippen LogP contribution is 2.22. The topological polar surface area (TPSA) is 55.2 Å². The van der Waals surface area contributed by atoms with Crippen molar-refractivity contribution in [3.63, 3.8) is 0 Å². The van der Waals surface area contributed by atoms with E-state index in [-0.39, 0.29) is 12.1 Å². The highest BCUT2D eigenvalue weighted by molar-refractivity contribution is 5.46. The van der Waals surface area contributed by atoms with Crippen LogP contribution >= 0.6 is 0 Å². The standard InChI is InChI=1S/C15H14F2N2O2/c1-2-10-3-5-12(6-4-10)18-9-11-7-15(19(20)21)14(17)8-13(11)16/h3-8,18H,2,9H2,1H3. The van der Waals surface area contributed by atoms with Crippen molar-refractivity contribution in [1.29, 1.82) is 0 Å². The maximum absolute atomic E-state index is 13.6. The second-order valence-corrected chi connectivity index (χ2v) is 4.56. The Morgan fingerprint density at radius 1 is 1.14 bits per heavy atom. The van der Waals surface area contributed by atoms with Gasteiger partial charge in [0.1, 0.15) is 5.82 Å². The zero-order valence-corrected chi connectivity index (χ0v) is 11.4. The van der Waals surface area contributed by atoms with Crippen LogP contribution in [-0.2, 0) is 13.0 Å². The molecule has 2 aromatic rings. The fraction of sp³-hybridized carbons (Fsp3) is 0.200. The first-order valence-electron chi connectivity index (χ1n) is 6.46. The lowest BCUT2D eigenvalue weighted by Gasteiger charge is -2.08. The second kappa shape index (κ2) is 6.30. The number of benzene rings is 2. The number of rotatable bonds is 5. The quantitative estimate of drug-likeness (QED) is 0.668. The van der Waals surface area contributed by atoms with Gasteiger partial charge in [-0.05, 0) is 24.1 Å². The van der Waals surface area contributed by atoms with E-state index in [2.05, 4.69) is 5.32 Å². The smallest absolute Gasteiger partial charge is 0.305 e. The van der Waals surface area contributed by atoms with Crippen LogP contribution in [0.5, 0.6) is 0 Å². The lowest BCUT2D eigenvalue weighted by Crippen LogP contribution is -2.04. The Hall–Kier alpha value is -2.50. The normalized spacial score (nSPS) is 10.4. The van der Waals surface area contributed by atoms with Crippen molar-refractivity contribution in [2.24, 2.45) is 0 Å². The summed E-state index contributed by atoms with van der Waals surface area (Å²) in [6, 6.07) is 9.01. The maximum atomic E-state index is 13.6. The van der Waals surface area contributed by atoms with Gasteiger partial charge in [0.25, 0.3) is 0 Å². The number of hydrogen-bond donors (Lipinski definition) is 1. The van der Waals surface area contributed by atoms with Crippen molar-refractivity contribution in [1.82, 2.24) is 0 Å². The molecule has 0 atom stereocenters. The summed E-state index contributed by atoms with van der Waals surface area (Å²) >= 11 is 0. The molecular weight excluding hydrogens is 278 g/mol. The molecule has 0 radical (unpaired) electrons. The van der Waals surface area contributed by atoms with Gasteiger partial charge in [-0.2, -0.15) is 4.39 Å². The maximum Gasteiger partial charge on any atom is 0.305 e. The van der Waals surface area contributed by atoms with Gasteiger partial charge in [0.2, 0.25) is 5.82 Å². The molecule has 110 valence electrons. The van der Waals surface area contributed by atoms with E-state index in [0.29, 0.717) is 6.07 Å². The first-order chi connectivity index (χ1) is 10.0. The van der Waals surface area contributed by atoms with Crippen molar-refractivity contribution in [3.05, 3.63) is 69.3 Å². The summed E-state index contributed by atoms with van der Waals surface area (Å²) in [6.07, 6.45) is 0.916. The van der Waals surface area contributed by atoms with Gasteiger partial charge in [0.05, 0.1) is 4.92 Å². The average Bonchev–Trinajstić information content (AvgIpc) is 2.46. The van der Waals surface area contributed by atoms with Crippen LogP contribution in [0.4, 0.5) is 20.2 Å². The summed E-state index contributed by atoms with van der Waals surface area (Å²) < 4.78 is 26.8. The molecule has 0 aromatic heterocycles. The molecule has 1 N–H and O–H groups in total. The molecule has 6 heteroatoms. The predicted molar refractivity (Wildman–Crippen MR) is 76.2 cm³/mol. The number of anilines is 1. The molecular formula is C15H14F2N2O2. The van der Waals surface area contributed by atoms with Crippen LogP contribution in [0.1, 0.15) is 18.1 Å². The Morgan fingerprint density at radius 3 is 2.38 bits per heavy atom. The van der Waals surface area contributed by atoms with Gasteiger partial charge in [0, 0.05) is 29.9 Å². The van der Waals surface area contributed by atoms with Gasteiger partial charge in [-0.25, -0.2) is 4.39 Å². The van der Waals surface area contributed by atoms with Crippen LogP contribution in [0.15, 0.2) is 36.4 Å². The Balaban J connectivity index is 2.15. The summed E-state index contributed by atoms with van der Waals surface area (Å²) in [4.78, 5) is 9.79. The number of hydrogen-bond acceptors (Lipinski definition) is 3. The molecule has 0 aliphatic carbocycles. The van der Waals surface area contributed by atoms with Crippen LogP contribution in [0, 0.1) is 21.7 Å². The summed E-state index contributed by atoms with van der Waals surface area (Å²) in [6.45, 7) is 2.08. The van der Waals surface area contributed by atoms with Crippen LogP contribution in [-0.4, -0.2) is 4.92 Å². The third-order valence-corrected chi connectivity index (χ3v) is 3.16. The van der Waals surface area contributed by atoms with Gasteiger partial charge in [-0.1, -0.05) is 19.1 Å². The summed E-state index contributed by atoms with van der Waals surface area (Å²) in [5, 5.41) is 13.6. The zero-order chi connectivity index (χ0) is 15.4. The zero-order valence-electron chi connectivity index (χ0n) is 11.4. The SMILES string of the molecule is CCc1ccc(NCc2cc([N+](=O)[O-])c(F)cc2F)cc1. The fourth-order valence-electron chi connectivity index (χ4n) is 1.91. The molecule has 2 aromatic carbocycles. The summed E-state index contributed by atoms with van der Waals surface area (Å²) in [7, 11) is 0. The van der Waals surface area contributed by atoms with E-state index in [0.717, 1.165) is 18.2 Å². The predicted octanol–water partition coefficient (Wildman–Crippen LogP) is 4.05. The number of halogens is 2. The van der Waals surface area contributed by atoms with E-state index in [4.69, 9.17) is 0 Å². The van der Waals surface area contributed by atoms with Gasteiger partial charge in [-0.15, -0.1) is 0 Å². The Kier molecular flexibility index (Phi) is 4.47. The molecule has 0 fully saturated rings. The minimum atomic E-state index is -1.17. The molecule has 0 saturated heterocycles. The van der Waals surface area contributed by atoms with Crippen molar-refractivity contribution in [2.45, 2.75) is 19.9 Å². The first kappa shape index (κ1) is 14.9. The first-order valence-corrected chi connectivity index (χ1v) is 6.46. The van der Waals surface area contributed by atoms with Gasteiger partial charge >= 0.3 is 5.69 Å². The highest BCUT2D eigenvalue weighted by atomic mass is 19.1. The van der Waals surface area contributed by atoms with Crippen molar-refractivity contribution in [2.75, 3.05) is 5.32 Å². The second-order valence-electron chi connectivity index (χ2n) is 4.56. The molecule has 0 amide bonds. The Morgan fingerprint density at radius 2 is 1.81 bits per heavy atom. The summed E-state index contributed by atoms with van der Waals surface area (Å²) in [5.74, 6) is -1.98. The molecule has 0 heterocycles. The molecule has 0 saturated carbocycles. The molecule has 0 unspecified atom stereocenters. The van der Waals surface area contributed by atoms with E-state index in [1.807, 2.05) is 31.2 Å². The van der Waals surface area contributed by atoms with E-state index >= 15 is 0 Å². The monoisotopic (exact) mass is 292 g/mol. The Labute approximate surface area is 120 Å². The van der Waals surface area contributed by atoms with Crippen LogP contribution in [0.2, 0.25) is 0 Å². The van der Waals surface area contributed by atoms with Crippen molar-refractivity contribution in [3.8, 4) is 0 Å². The molecule has 21 heavy (non-hydrogen) atoms. The Bertz CT molecular complexity index is 657. The molecule has 2 rings (SSSR count). The third kappa shape index (κ3) is 3.53. The molecule has 0 aliphatic rings. The van der Waals surface area contributed by atoms with Crippen molar-refractivity contribution < 1.29 is 13.7 Å². The number of nitrogens with zero attached hydrogens (tertiary/aromatic N) is 1. The summed E-state index contributed by atoms with van der Waals surface area (Å²) in [5.41, 5.74) is 1.25. The van der Waals surface area contributed by atoms with E-state index < -0.39 is 22.2 Å². The number of aryl methyl sites for hydroxylation is 1. The van der Waals surface area contributed by atoms with Gasteiger partial charge in [-0.3, -0.25) is 10.1 Å². The number of nitro benzene ring substituents is 1. The molecule has 0 aliphatic heterocycles. The highest BCUT2D eigenvalue weighted by Gasteiger charge is 2.18. The lowest BCUT2D eigenvalue weighted by molar-refractivity contribution is -0.387.